The topological polar surface area (TPSA) is 68.0 Å². The number of hydrogen-bond acceptors (Lipinski definition) is 4. The van der Waals surface area contributed by atoms with Crippen LogP contribution in [-0.2, 0) is 6.42 Å². The Balaban J connectivity index is 1.81. The number of aromatic nitrogens is 2. The zero-order valence-electron chi connectivity index (χ0n) is 12.1. The van der Waals surface area contributed by atoms with E-state index in [1.807, 2.05) is 49.4 Å². The highest BCUT2D eigenvalue weighted by molar-refractivity contribution is 6.04. The summed E-state index contributed by atoms with van der Waals surface area (Å²) in [5, 5.41) is 6.74. The third kappa shape index (κ3) is 3.03. The molecule has 22 heavy (non-hydrogen) atoms. The fourth-order valence-corrected chi connectivity index (χ4v) is 2.04. The van der Waals surface area contributed by atoms with Gasteiger partial charge in [-0.1, -0.05) is 36.3 Å². The van der Waals surface area contributed by atoms with Gasteiger partial charge in [0, 0.05) is 23.2 Å². The van der Waals surface area contributed by atoms with E-state index >= 15 is 0 Å². The number of nitrogens with one attached hydrogen (secondary N) is 1. The summed E-state index contributed by atoms with van der Waals surface area (Å²) >= 11 is 0. The van der Waals surface area contributed by atoms with Crippen molar-refractivity contribution < 1.29 is 9.32 Å². The first kappa shape index (κ1) is 14.0. The smallest absolute Gasteiger partial charge is 0.257 e. The van der Waals surface area contributed by atoms with E-state index in [4.69, 9.17) is 4.52 Å². The largest absolute Gasteiger partial charge is 0.334 e. The van der Waals surface area contributed by atoms with E-state index in [2.05, 4.69) is 15.5 Å². The summed E-state index contributed by atoms with van der Waals surface area (Å²) in [6, 6.07) is 16.4. The predicted octanol–water partition coefficient (Wildman–Crippen LogP) is 3.55. The maximum absolute atomic E-state index is 12.1. The van der Waals surface area contributed by atoms with Gasteiger partial charge in [-0.15, -0.1) is 0 Å². The van der Waals surface area contributed by atoms with Gasteiger partial charge in [0.1, 0.15) is 0 Å². The molecule has 0 unspecified atom stereocenters. The monoisotopic (exact) mass is 293 g/mol. The third-order valence-electron chi connectivity index (χ3n) is 3.19. The molecule has 0 radical (unpaired) electrons. The van der Waals surface area contributed by atoms with E-state index in [-0.39, 0.29) is 5.91 Å². The lowest BCUT2D eigenvalue weighted by Crippen LogP contribution is -2.11. The highest BCUT2D eigenvalue weighted by Crippen LogP contribution is 2.21. The van der Waals surface area contributed by atoms with Crippen molar-refractivity contribution in [2.24, 2.45) is 0 Å². The van der Waals surface area contributed by atoms with Crippen LogP contribution in [-0.4, -0.2) is 16.0 Å². The van der Waals surface area contributed by atoms with Gasteiger partial charge < -0.3 is 9.84 Å². The van der Waals surface area contributed by atoms with E-state index in [9.17, 15) is 4.79 Å². The number of amides is 1. The van der Waals surface area contributed by atoms with Crippen molar-refractivity contribution in [3.63, 3.8) is 0 Å². The number of carbonyl (C=O) groups excluding carboxylic acids is 1. The second-order valence-corrected chi connectivity index (χ2v) is 4.77. The molecule has 5 nitrogen and oxygen atoms in total. The molecule has 2 aromatic carbocycles. The number of carbonyl (C=O) groups is 1. The van der Waals surface area contributed by atoms with Gasteiger partial charge in [0.15, 0.2) is 5.82 Å². The first-order chi connectivity index (χ1) is 10.8. The summed E-state index contributed by atoms with van der Waals surface area (Å²) in [6.07, 6.45) is 0.716. The van der Waals surface area contributed by atoms with Crippen LogP contribution < -0.4 is 5.32 Å². The Labute approximate surface area is 128 Å². The van der Waals surface area contributed by atoms with Crippen LogP contribution in [0.1, 0.15) is 23.1 Å². The highest BCUT2D eigenvalue weighted by Gasteiger charge is 2.10. The maximum atomic E-state index is 12.1. The van der Waals surface area contributed by atoms with Crippen LogP contribution in [0.3, 0.4) is 0 Å². The average Bonchev–Trinajstić information content (AvgIpc) is 3.05. The number of hydrogen-bond donors (Lipinski definition) is 1. The second-order valence-electron chi connectivity index (χ2n) is 4.77. The molecule has 0 saturated carbocycles. The first-order valence-electron chi connectivity index (χ1n) is 7.05. The molecule has 1 amide bonds. The quantitative estimate of drug-likeness (QED) is 0.798. The van der Waals surface area contributed by atoms with Gasteiger partial charge in [-0.2, -0.15) is 4.98 Å². The lowest BCUT2D eigenvalue weighted by atomic mass is 10.1. The minimum Gasteiger partial charge on any atom is -0.334 e. The summed E-state index contributed by atoms with van der Waals surface area (Å²) in [4.78, 5) is 16.4. The van der Waals surface area contributed by atoms with E-state index < -0.39 is 0 Å². The van der Waals surface area contributed by atoms with Gasteiger partial charge in [-0.3, -0.25) is 4.79 Å². The van der Waals surface area contributed by atoms with E-state index in [0.717, 1.165) is 5.56 Å². The van der Waals surface area contributed by atoms with Crippen molar-refractivity contribution in [1.82, 2.24) is 10.1 Å². The highest BCUT2D eigenvalue weighted by atomic mass is 16.5. The van der Waals surface area contributed by atoms with Crippen molar-refractivity contribution in [3.05, 3.63) is 66.0 Å². The van der Waals surface area contributed by atoms with Crippen LogP contribution in [0.4, 0.5) is 5.69 Å². The van der Waals surface area contributed by atoms with Crippen molar-refractivity contribution in [1.29, 1.82) is 0 Å². The fraction of sp³-hybridized carbons (Fsp3) is 0.118. The summed E-state index contributed by atoms with van der Waals surface area (Å²) in [5.74, 6) is 0.957. The number of benzene rings is 2. The van der Waals surface area contributed by atoms with Crippen molar-refractivity contribution in [2.45, 2.75) is 13.3 Å². The lowest BCUT2D eigenvalue weighted by molar-refractivity contribution is 0.102. The number of rotatable bonds is 4. The Morgan fingerprint density at radius 2 is 1.95 bits per heavy atom. The molecule has 0 atom stereocenters. The van der Waals surface area contributed by atoms with Gasteiger partial charge in [0.05, 0.1) is 0 Å². The SMILES string of the molecule is CCc1noc(-c2cccc(NC(=O)c3ccccc3)c2)n1. The molecule has 1 aromatic heterocycles. The molecule has 0 aliphatic rings. The van der Waals surface area contributed by atoms with Crippen LogP contribution in [0.15, 0.2) is 59.1 Å². The predicted molar refractivity (Wildman–Crippen MR) is 83.5 cm³/mol. The van der Waals surface area contributed by atoms with Crippen LogP contribution in [0, 0.1) is 0 Å². The van der Waals surface area contributed by atoms with Crippen LogP contribution in [0.5, 0.6) is 0 Å². The normalized spacial score (nSPS) is 10.4. The number of nitrogens with zero attached hydrogens (tertiary/aromatic N) is 2. The molecular weight excluding hydrogens is 278 g/mol. The zero-order valence-corrected chi connectivity index (χ0v) is 12.1. The number of anilines is 1. The summed E-state index contributed by atoms with van der Waals surface area (Å²) in [5.41, 5.74) is 2.07. The zero-order chi connectivity index (χ0) is 15.4. The molecule has 3 rings (SSSR count). The molecule has 1 heterocycles. The molecule has 1 N–H and O–H groups in total. The minimum absolute atomic E-state index is 0.155. The number of aryl methyl sites for hydroxylation is 1. The third-order valence-corrected chi connectivity index (χ3v) is 3.19. The van der Waals surface area contributed by atoms with E-state index in [1.54, 1.807) is 12.1 Å². The Morgan fingerprint density at radius 1 is 1.14 bits per heavy atom. The molecule has 0 spiro atoms. The van der Waals surface area contributed by atoms with Gasteiger partial charge >= 0.3 is 0 Å². The molecule has 0 saturated heterocycles. The Bertz CT molecular complexity index is 781. The van der Waals surface area contributed by atoms with Crippen molar-refractivity contribution >= 4 is 11.6 Å². The molecule has 110 valence electrons. The standard InChI is InChI=1S/C17H15N3O2/c1-2-15-19-17(22-20-15)13-9-6-10-14(11-13)18-16(21)12-7-4-3-5-8-12/h3-11H,2H2,1H3,(H,18,21). The summed E-state index contributed by atoms with van der Waals surface area (Å²) < 4.78 is 5.21. The fourth-order valence-electron chi connectivity index (χ4n) is 2.04. The van der Waals surface area contributed by atoms with Gasteiger partial charge in [0.2, 0.25) is 0 Å². The summed E-state index contributed by atoms with van der Waals surface area (Å²) in [7, 11) is 0. The van der Waals surface area contributed by atoms with Crippen molar-refractivity contribution in [2.75, 3.05) is 5.32 Å². The molecule has 3 aromatic rings. The second kappa shape index (κ2) is 6.22. The van der Waals surface area contributed by atoms with E-state index in [0.29, 0.717) is 29.4 Å². The van der Waals surface area contributed by atoms with Gasteiger partial charge in [-0.25, -0.2) is 0 Å². The lowest BCUT2D eigenvalue weighted by Gasteiger charge is -2.06. The Morgan fingerprint density at radius 3 is 2.68 bits per heavy atom. The van der Waals surface area contributed by atoms with Gasteiger partial charge in [0.25, 0.3) is 11.8 Å². The molecule has 0 fully saturated rings. The summed E-state index contributed by atoms with van der Waals surface area (Å²) in [6.45, 7) is 1.96. The van der Waals surface area contributed by atoms with Crippen LogP contribution in [0.25, 0.3) is 11.5 Å². The molecule has 5 heteroatoms. The molecule has 0 aliphatic heterocycles. The average molecular weight is 293 g/mol. The van der Waals surface area contributed by atoms with Crippen molar-refractivity contribution in [3.8, 4) is 11.5 Å². The van der Waals surface area contributed by atoms with Gasteiger partial charge in [-0.05, 0) is 30.3 Å². The maximum Gasteiger partial charge on any atom is 0.257 e. The Kier molecular flexibility index (Phi) is 3.96. The minimum atomic E-state index is -0.155. The first-order valence-corrected chi connectivity index (χ1v) is 7.05. The molecule has 0 bridgehead atoms. The molecular formula is C17H15N3O2. The van der Waals surface area contributed by atoms with Crippen LogP contribution in [0.2, 0.25) is 0 Å². The Hall–Kier alpha value is -2.95. The van der Waals surface area contributed by atoms with Crippen LogP contribution >= 0.6 is 0 Å². The molecule has 0 aliphatic carbocycles. The van der Waals surface area contributed by atoms with E-state index in [1.165, 1.54) is 0 Å².